The van der Waals surface area contributed by atoms with E-state index in [0.29, 0.717) is 0 Å². The predicted octanol–water partition coefficient (Wildman–Crippen LogP) is 3.70. The largest absolute Gasteiger partial charge is 0.463 e. The minimum Gasteiger partial charge on any atom is -0.463 e. The highest BCUT2D eigenvalue weighted by molar-refractivity contribution is 6.02. The van der Waals surface area contributed by atoms with Gasteiger partial charge in [0, 0.05) is 12.1 Å². The summed E-state index contributed by atoms with van der Waals surface area (Å²) in [6, 6.07) is 18.2. The summed E-state index contributed by atoms with van der Waals surface area (Å²) in [7, 11) is 0. The fourth-order valence-electron chi connectivity index (χ4n) is 2.32. The zero-order chi connectivity index (χ0) is 17.4. The number of carbonyl (C=O) groups is 2. The van der Waals surface area contributed by atoms with E-state index in [2.05, 4.69) is 10.1 Å². The molecule has 0 aliphatic carbocycles. The smallest absolute Gasteiger partial charge is 0.348 e. The summed E-state index contributed by atoms with van der Waals surface area (Å²) in [4.78, 5) is 23.5. The molecule has 4 nitrogen and oxygen atoms in total. The van der Waals surface area contributed by atoms with E-state index in [1.165, 1.54) is 0 Å². The SMILES string of the molecule is CCOC(=O)C(F)C(=O)CC(Nc1ccccc1)c1ccccc1. The molecule has 5 heteroatoms. The van der Waals surface area contributed by atoms with Gasteiger partial charge in [-0.05, 0) is 24.6 Å². The third-order valence-corrected chi connectivity index (χ3v) is 3.50. The van der Waals surface area contributed by atoms with Crippen LogP contribution >= 0.6 is 0 Å². The second kappa shape index (κ2) is 8.82. The van der Waals surface area contributed by atoms with Gasteiger partial charge >= 0.3 is 5.97 Å². The Bertz CT molecular complexity index is 661. The molecular weight excluding hydrogens is 309 g/mol. The maximum Gasteiger partial charge on any atom is 0.348 e. The lowest BCUT2D eigenvalue weighted by Crippen LogP contribution is -2.30. The zero-order valence-corrected chi connectivity index (χ0v) is 13.4. The number of hydrogen-bond acceptors (Lipinski definition) is 4. The highest BCUT2D eigenvalue weighted by Crippen LogP contribution is 2.24. The minimum atomic E-state index is -2.26. The van der Waals surface area contributed by atoms with Crippen LogP contribution in [0.1, 0.15) is 24.9 Å². The fraction of sp³-hybridized carbons (Fsp3) is 0.263. The van der Waals surface area contributed by atoms with Gasteiger partial charge in [0.05, 0.1) is 12.6 Å². The van der Waals surface area contributed by atoms with Crippen molar-refractivity contribution in [3.05, 3.63) is 66.2 Å². The molecule has 24 heavy (non-hydrogen) atoms. The molecule has 0 saturated heterocycles. The van der Waals surface area contributed by atoms with E-state index in [9.17, 15) is 14.0 Å². The summed E-state index contributed by atoms with van der Waals surface area (Å²) < 4.78 is 18.5. The summed E-state index contributed by atoms with van der Waals surface area (Å²) in [6.07, 6.45) is -2.41. The van der Waals surface area contributed by atoms with Crippen LogP contribution in [0.4, 0.5) is 10.1 Å². The molecule has 2 unspecified atom stereocenters. The number of para-hydroxylation sites is 1. The van der Waals surface area contributed by atoms with Crippen LogP contribution in [-0.2, 0) is 14.3 Å². The number of ketones is 1. The lowest BCUT2D eigenvalue weighted by Gasteiger charge is -2.20. The Kier molecular flexibility index (Phi) is 6.49. The number of Topliss-reactive ketones (excluding diaryl/α,β-unsaturated/α-hetero) is 1. The Morgan fingerprint density at radius 2 is 1.62 bits per heavy atom. The van der Waals surface area contributed by atoms with Crippen molar-refractivity contribution in [2.75, 3.05) is 11.9 Å². The normalized spacial score (nSPS) is 12.9. The number of carbonyl (C=O) groups excluding carboxylic acids is 2. The van der Waals surface area contributed by atoms with Crippen molar-refractivity contribution in [1.29, 1.82) is 0 Å². The van der Waals surface area contributed by atoms with E-state index < -0.39 is 24.0 Å². The second-order valence-corrected chi connectivity index (χ2v) is 5.26. The third kappa shape index (κ3) is 4.91. The van der Waals surface area contributed by atoms with E-state index in [1.54, 1.807) is 6.92 Å². The van der Waals surface area contributed by atoms with Crippen molar-refractivity contribution in [2.24, 2.45) is 0 Å². The van der Waals surface area contributed by atoms with Crippen molar-refractivity contribution in [1.82, 2.24) is 0 Å². The number of benzene rings is 2. The van der Waals surface area contributed by atoms with Gasteiger partial charge in [-0.15, -0.1) is 0 Å². The second-order valence-electron chi connectivity index (χ2n) is 5.26. The van der Waals surface area contributed by atoms with Crippen LogP contribution in [0.25, 0.3) is 0 Å². The molecule has 0 bridgehead atoms. The first-order valence-corrected chi connectivity index (χ1v) is 7.81. The number of nitrogens with one attached hydrogen (secondary N) is 1. The highest BCUT2D eigenvalue weighted by atomic mass is 19.1. The predicted molar refractivity (Wildman–Crippen MR) is 90.4 cm³/mol. The molecule has 0 aromatic heterocycles. The average molecular weight is 329 g/mol. The van der Waals surface area contributed by atoms with Gasteiger partial charge in [0.1, 0.15) is 0 Å². The number of alkyl halides is 1. The van der Waals surface area contributed by atoms with Crippen LogP contribution in [0.2, 0.25) is 0 Å². The van der Waals surface area contributed by atoms with Gasteiger partial charge in [0.15, 0.2) is 5.78 Å². The first kappa shape index (κ1) is 17.7. The lowest BCUT2D eigenvalue weighted by molar-refractivity contribution is -0.152. The molecule has 0 fully saturated rings. The van der Waals surface area contributed by atoms with Crippen molar-refractivity contribution in [2.45, 2.75) is 25.6 Å². The van der Waals surface area contributed by atoms with Crippen molar-refractivity contribution in [3.63, 3.8) is 0 Å². The van der Waals surface area contributed by atoms with E-state index in [-0.39, 0.29) is 13.0 Å². The molecule has 0 saturated carbocycles. The van der Waals surface area contributed by atoms with E-state index in [4.69, 9.17) is 0 Å². The molecule has 2 rings (SSSR count). The number of esters is 1. The molecule has 2 aromatic carbocycles. The molecule has 2 aromatic rings. The third-order valence-electron chi connectivity index (χ3n) is 3.50. The average Bonchev–Trinajstić information content (AvgIpc) is 2.62. The number of halogens is 1. The van der Waals surface area contributed by atoms with Gasteiger partial charge in [-0.3, -0.25) is 4.79 Å². The Morgan fingerprint density at radius 3 is 2.21 bits per heavy atom. The van der Waals surface area contributed by atoms with Crippen LogP contribution in [0.5, 0.6) is 0 Å². The summed E-state index contributed by atoms with van der Waals surface area (Å²) in [5, 5.41) is 3.21. The summed E-state index contributed by atoms with van der Waals surface area (Å²) in [6.45, 7) is 1.61. The number of anilines is 1. The topological polar surface area (TPSA) is 55.4 Å². The molecule has 0 amide bonds. The van der Waals surface area contributed by atoms with Gasteiger partial charge in [0.25, 0.3) is 6.17 Å². The molecule has 0 aliphatic rings. The summed E-state index contributed by atoms with van der Waals surface area (Å²) in [5.74, 6) is -1.93. The molecule has 0 aliphatic heterocycles. The molecule has 0 radical (unpaired) electrons. The molecule has 126 valence electrons. The van der Waals surface area contributed by atoms with E-state index >= 15 is 0 Å². The van der Waals surface area contributed by atoms with Crippen LogP contribution in [0, 0.1) is 0 Å². The highest BCUT2D eigenvalue weighted by Gasteiger charge is 2.29. The maximum atomic E-state index is 13.9. The molecule has 0 spiro atoms. The monoisotopic (exact) mass is 329 g/mol. The Labute approximate surface area is 140 Å². The Balaban J connectivity index is 2.14. The standard InChI is InChI=1S/C19H20FNO3/c1-2-24-19(23)18(20)17(22)13-16(14-9-5-3-6-10-14)21-15-11-7-4-8-12-15/h3-12,16,18,21H,2,13H2,1H3. The van der Waals surface area contributed by atoms with Gasteiger partial charge in [-0.1, -0.05) is 48.5 Å². The van der Waals surface area contributed by atoms with Crippen molar-refractivity contribution >= 4 is 17.4 Å². The van der Waals surface area contributed by atoms with Gasteiger partial charge in [-0.2, -0.15) is 0 Å². The Morgan fingerprint density at radius 1 is 1.04 bits per heavy atom. The van der Waals surface area contributed by atoms with Crippen molar-refractivity contribution < 1.29 is 18.7 Å². The van der Waals surface area contributed by atoms with Gasteiger partial charge in [0.2, 0.25) is 0 Å². The maximum absolute atomic E-state index is 13.9. The molecular formula is C19H20FNO3. The summed E-state index contributed by atoms with van der Waals surface area (Å²) in [5.41, 5.74) is 1.65. The summed E-state index contributed by atoms with van der Waals surface area (Å²) >= 11 is 0. The molecule has 1 N–H and O–H groups in total. The minimum absolute atomic E-state index is 0.0386. The van der Waals surface area contributed by atoms with Crippen LogP contribution < -0.4 is 5.32 Å². The molecule has 0 heterocycles. The number of hydrogen-bond donors (Lipinski definition) is 1. The lowest BCUT2D eigenvalue weighted by atomic mass is 9.99. The van der Waals surface area contributed by atoms with Crippen molar-refractivity contribution in [3.8, 4) is 0 Å². The quantitative estimate of drug-likeness (QED) is 0.593. The first-order chi connectivity index (χ1) is 11.6. The zero-order valence-electron chi connectivity index (χ0n) is 13.4. The Hall–Kier alpha value is -2.69. The van der Waals surface area contributed by atoms with Crippen LogP contribution in [0.15, 0.2) is 60.7 Å². The van der Waals surface area contributed by atoms with E-state index in [1.807, 2.05) is 60.7 Å². The van der Waals surface area contributed by atoms with E-state index in [0.717, 1.165) is 11.3 Å². The number of ether oxygens (including phenoxy) is 1. The van der Waals surface area contributed by atoms with Crippen LogP contribution in [-0.4, -0.2) is 24.5 Å². The van der Waals surface area contributed by atoms with Crippen LogP contribution in [0.3, 0.4) is 0 Å². The van der Waals surface area contributed by atoms with Gasteiger partial charge in [-0.25, -0.2) is 9.18 Å². The number of rotatable bonds is 8. The molecule has 2 atom stereocenters. The van der Waals surface area contributed by atoms with Gasteiger partial charge < -0.3 is 10.1 Å². The fourth-order valence-corrected chi connectivity index (χ4v) is 2.32. The first-order valence-electron chi connectivity index (χ1n) is 7.81.